The predicted octanol–water partition coefficient (Wildman–Crippen LogP) is 2.58. The van der Waals surface area contributed by atoms with Crippen LogP contribution in [0.4, 0.5) is 5.69 Å². The minimum Gasteiger partial charge on any atom is -0.341 e. The Labute approximate surface area is 117 Å². The maximum Gasteiger partial charge on any atom is 0.254 e. The highest BCUT2D eigenvalue weighted by molar-refractivity contribution is 6.33. The first-order valence-corrected chi connectivity index (χ1v) is 6.72. The summed E-state index contributed by atoms with van der Waals surface area (Å²) in [5.41, 5.74) is 2.56. The summed E-state index contributed by atoms with van der Waals surface area (Å²) in [6.07, 6.45) is 0.851. The quantitative estimate of drug-likeness (QED) is 0.925. The Morgan fingerprint density at radius 2 is 2.16 bits per heavy atom. The van der Waals surface area contributed by atoms with Crippen molar-refractivity contribution >= 4 is 29.1 Å². The maximum atomic E-state index is 12.4. The van der Waals surface area contributed by atoms with Gasteiger partial charge in [0.05, 0.1) is 5.69 Å². The zero-order valence-corrected chi connectivity index (χ0v) is 12.0. The third-order valence-electron chi connectivity index (χ3n) is 3.23. The SMILES string of the molecule is CCCN1C(=O)[C@H](NC(C)=O)c2c(Cl)ccc(C)c21. The summed E-state index contributed by atoms with van der Waals surface area (Å²) in [6.45, 7) is 5.99. The second-order valence-electron chi connectivity index (χ2n) is 4.75. The third kappa shape index (κ3) is 2.32. The number of anilines is 1. The second kappa shape index (κ2) is 5.21. The van der Waals surface area contributed by atoms with Crippen molar-refractivity contribution in [2.45, 2.75) is 33.2 Å². The van der Waals surface area contributed by atoms with E-state index >= 15 is 0 Å². The van der Waals surface area contributed by atoms with Crippen molar-refractivity contribution in [2.24, 2.45) is 0 Å². The molecule has 2 rings (SSSR count). The minimum atomic E-state index is -0.661. The monoisotopic (exact) mass is 280 g/mol. The molecule has 0 radical (unpaired) electrons. The number of hydrogen-bond donors (Lipinski definition) is 1. The summed E-state index contributed by atoms with van der Waals surface area (Å²) in [5, 5.41) is 3.21. The molecule has 0 unspecified atom stereocenters. The van der Waals surface area contributed by atoms with E-state index in [1.807, 2.05) is 19.9 Å². The largest absolute Gasteiger partial charge is 0.341 e. The summed E-state index contributed by atoms with van der Waals surface area (Å²) < 4.78 is 0. The van der Waals surface area contributed by atoms with E-state index in [4.69, 9.17) is 11.6 Å². The van der Waals surface area contributed by atoms with Gasteiger partial charge in [0.25, 0.3) is 5.91 Å². The molecule has 5 heteroatoms. The van der Waals surface area contributed by atoms with Gasteiger partial charge in [-0.05, 0) is 25.0 Å². The van der Waals surface area contributed by atoms with Gasteiger partial charge in [0.1, 0.15) is 6.04 Å². The van der Waals surface area contributed by atoms with E-state index in [2.05, 4.69) is 5.32 Å². The van der Waals surface area contributed by atoms with Crippen LogP contribution < -0.4 is 10.2 Å². The molecule has 0 bridgehead atoms. The maximum absolute atomic E-state index is 12.4. The summed E-state index contributed by atoms with van der Waals surface area (Å²) in [6, 6.07) is 3.01. The fourth-order valence-corrected chi connectivity index (χ4v) is 2.76. The fourth-order valence-electron chi connectivity index (χ4n) is 2.50. The molecule has 2 amide bonds. The smallest absolute Gasteiger partial charge is 0.254 e. The van der Waals surface area contributed by atoms with Gasteiger partial charge in [-0.1, -0.05) is 24.6 Å². The Balaban J connectivity index is 2.56. The molecule has 0 saturated carbocycles. The Morgan fingerprint density at radius 3 is 2.74 bits per heavy atom. The molecule has 102 valence electrons. The van der Waals surface area contributed by atoms with Crippen LogP contribution in [0.1, 0.15) is 37.4 Å². The van der Waals surface area contributed by atoms with Crippen molar-refractivity contribution in [1.82, 2.24) is 5.32 Å². The molecule has 1 heterocycles. The van der Waals surface area contributed by atoms with Crippen LogP contribution in [0.5, 0.6) is 0 Å². The van der Waals surface area contributed by atoms with E-state index < -0.39 is 6.04 Å². The van der Waals surface area contributed by atoms with Crippen molar-refractivity contribution in [3.8, 4) is 0 Å². The number of amides is 2. The van der Waals surface area contributed by atoms with Crippen molar-refractivity contribution in [1.29, 1.82) is 0 Å². The highest BCUT2D eigenvalue weighted by Crippen LogP contribution is 2.42. The van der Waals surface area contributed by atoms with Crippen molar-refractivity contribution < 1.29 is 9.59 Å². The molecule has 1 aromatic rings. The van der Waals surface area contributed by atoms with Gasteiger partial charge in [-0.25, -0.2) is 0 Å². The zero-order valence-electron chi connectivity index (χ0n) is 11.3. The Morgan fingerprint density at radius 1 is 1.47 bits per heavy atom. The molecule has 1 aliphatic heterocycles. The van der Waals surface area contributed by atoms with E-state index in [0.717, 1.165) is 23.2 Å². The molecule has 4 nitrogen and oxygen atoms in total. The predicted molar refractivity (Wildman–Crippen MR) is 75.4 cm³/mol. The first kappa shape index (κ1) is 13.9. The molecule has 1 aliphatic rings. The van der Waals surface area contributed by atoms with Gasteiger partial charge < -0.3 is 10.2 Å². The van der Waals surface area contributed by atoms with E-state index in [0.29, 0.717) is 11.6 Å². The number of nitrogens with zero attached hydrogens (tertiary/aromatic N) is 1. The van der Waals surface area contributed by atoms with Crippen LogP contribution in [-0.4, -0.2) is 18.4 Å². The van der Waals surface area contributed by atoms with Crippen molar-refractivity contribution in [3.63, 3.8) is 0 Å². The summed E-state index contributed by atoms with van der Waals surface area (Å²) in [7, 11) is 0. The standard InChI is InChI=1S/C14H17ClN2O2/c1-4-7-17-13-8(2)5-6-10(15)11(13)12(14(17)19)16-9(3)18/h5-6,12H,4,7H2,1-3H3,(H,16,18)/t12-/m1/s1. The summed E-state index contributed by atoms with van der Waals surface area (Å²) in [4.78, 5) is 25.5. The van der Waals surface area contributed by atoms with E-state index in [-0.39, 0.29) is 11.8 Å². The number of hydrogen-bond acceptors (Lipinski definition) is 2. The van der Waals surface area contributed by atoms with Crippen molar-refractivity contribution in [2.75, 3.05) is 11.4 Å². The number of aryl methyl sites for hydroxylation is 1. The average Bonchev–Trinajstić information content (AvgIpc) is 2.60. The van der Waals surface area contributed by atoms with Gasteiger partial charge >= 0.3 is 0 Å². The Bertz CT molecular complexity index is 542. The second-order valence-corrected chi connectivity index (χ2v) is 5.16. The summed E-state index contributed by atoms with van der Waals surface area (Å²) in [5.74, 6) is -0.344. The van der Waals surface area contributed by atoms with Gasteiger partial charge in [-0.2, -0.15) is 0 Å². The van der Waals surface area contributed by atoms with Crippen LogP contribution >= 0.6 is 11.6 Å². The molecule has 1 aromatic carbocycles. The highest BCUT2D eigenvalue weighted by atomic mass is 35.5. The average molecular weight is 281 g/mol. The Kier molecular flexibility index (Phi) is 3.80. The van der Waals surface area contributed by atoms with Crippen LogP contribution in [0.3, 0.4) is 0 Å². The molecule has 0 aromatic heterocycles. The van der Waals surface area contributed by atoms with Gasteiger partial charge in [0.2, 0.25) is 5.91 Å². The molecule has 0 aliphatic carbocycles. The lowest BCUT2D eigenvalue weighted by Gasteiger charge is -2.18. The Hall–Kier alpha value is -1.55. The van der Waals surface area contributed by atoms with Gasteiger partial charge in [0.15, 0.2) is 0 Å². The van der Waals surface area contributed by atoms with E-state index in [1.165, 1.54) is 6.92 Å². The minimum absolute atomic E-state index is 0.108. The van der Waals surface area contributed by atoms with Gasteiger partial charge in [-0.15, -0.1) is 0 Å². The number of carbonyl (C=O) groups is 2. The molecule has 19 heavy (non-hydrogen) atoms. The molecular weight excluding hydrogens is 264 g/mol. The molecule has 0 spiro atoms. The first-order valence-electron chi connectivity index (χ1n) is 6.34. The normalized spacial score (nSPS) is 17.6. The zero-order chi connectivity index (χ0) is 14.2. The van der Waals surface area contributed by atoms with Gasteiger partial charge in [-0.3, -0.25) is 9.59 Å². The molecule has 1 N–H and O–H groups in total. The fraction of sp³-hybridized carbons (Fsp3) is 0.429. The van der Waals surface area contributed by atoms with Crippen LogP contribution in [0.15, 0.2) is 12.1 Å². The number of carbonyl (C=O) groups excluding carboxylic acids is 2. The molecular formula is C14H17ClN2O2. The molecule has 0 saturated heterocycles. The van der Waals surface area contributed by atoms with E-state index in [9.17, 15) is 9.59 Å². The lowest BCUT2D eigenvalue weighted by atomic mass is 10.0. The molecule has 0 fully saturated rings. The number of rotatable bonds is 3. The lowest BCUT2D eigenvalue weighted by molar-refractivity contribution is -0.126. The number of nitrogens with one attached hydrogen (secondary N) is 1. The van der Waals surface area contributed by atoms with Crippen molar-refractivity contribution in [3.05, 3.63) is 28.3 Å². The highest BCUT2D eigenvalue weighted by Gasteiger charge is 2.39. The number of fused-ring (bicyclic) bond motifs is 1. The topological polar surface area (TPSA) is 49.4 Å². The first-order chi connectivity index (χ1) is 8.97. The van der Waals surface area contributed by atoms with Crippen LogP contribution in [0.2, 0.25) is 5.02 Å². The number of halogens is 1. The van der Waals surface area contributed by atoms with E-state index in [1.54, 1.807) is 11.0 Å². The summed E-state index contributed by atoms with van der Waals surface area (Å²) >= 11 is 6.22. The van der Waals surface area contributed by atoms with Gasteiger partial charge in [0, 0.05) is 24.1 Å². The van der Waals surface area contributed by atoms with Crippen LogP contribution in [-0.2, 0) is 9.59 Å². The molecule has 1 atom stereocenters. The van der Waals surface area contributed by atoms with Crippen LogP contribution in [0.25, 0.3) is 0 Å². The lowest BCUT2D eigenvalue weighted by Crippen LogP contribution is -2.37. The number of benzene rings is 1. The third-order valence-corrected chi connectivity index (χ3v) is 3.56. The van der Waals surface area contributed by atoms with Crippen LogP contribution in [0, 0.1) is 6.92 Å².